The molecule has 0 aliphatic rings. The van der Waals surface area contributed by atoms with E-state index in [1.807, 2.05) is 0 Å². The molecule has 0 aromatic heterocycles. The first kappa shape index (κ1) is 17.0. The maximum atomic E-state index is 14.1. The van der Waals surface area contributed by atoms with E-state index in [0.29, 0.717) is 0 Å². The molecule has 1 aromatic rings. The molecule has 0 fully saturated rings. The third-order valence-corrected chi connectivity index (χ3v) is 3.20. The van der Waals surface area contributed by atoms with Crippen LogP contribution in [0, 0.1) is 11.2 Å². The SMILES string of the molecule is COC(=O)N=C(SC)C(=N)c1cc(OC)c(OC)cc1F. The van der Waals surface area contributed by atoms with E-state index < -0.39 is 11.9 Å². The Hall–Kier alpha value is -2.09. The number of nitrogens with zero attached hydrogens (tertiary/aromatic N) is 1. The van der Waals surface area contributed by atoms with Gasteiger partial charge in [-0.2, -0.15) is 4.99 Å². The minimum atomic E-state index is -0.856. The number of nitrogens with one attached hydrogen (secondary N) is 1. The zero-order valence-electron chi connectivity index (χ0n) is 12.0. The molecule has 0 radical (unpaired) electrons. The molecule has 0 atom stereocenters. The van der Waals surface area contributed by atoms with Crippen molar-refractivity contribution in [1.29, 1.82) is 5.41 Å². The van der Waals surface area contributed by atoms with Gasteiger partial charge in [-0.3, -0.25) is 5.41 Å². The van der Waals surface area contributed by atoms with Crippen LogP contribution in [0.1, 0.15) is 5.56 Å². The fourth-order valence-electron chi connectivity index (χ4n) is 1.49. The number of benzene rings is 1. The fourth-order valence-corrected chi connectivity index (χ4v) is 1.97. The normalized spacial score (nSPS) is 11.0. The van der Waals surface area contributed by atoms with Gasteiger partial charge in [-0.15, -0.1) is 11.8 Å². The second kappa shape index (κ2) is 7.63. The van der Waals surface area contributed by atoms with Crippen molar-refractivity contribution in [3.63, 3.8) is 0 Å². The molecule has 1 amide bonds. The summed E-state index contributed by atoms with van der Waals surface area (Å²) in [6.45, 7) is 0. The molecule has 8 heteroatoms. The molecular formula is C13H15FN2O4S. The molecular weight excluding hydrogens is 299 g/mol. The van der Waals surface area contributed by atoms with Crippen LogP contribution in [0.2, 0.25) is 0 Å². The molecule has 21 heavy (non-hydrogen) atoms. The summed E-state index contributed by atoms with van der Waals surface area (Å²) in [7, 11) is 3.96. The lowest BCUT2D eigenvalue weighted by Crippen LogP contribution is -2.15. The summed E-state index contributed by atoms with van der Waals surface area (Å²) >= 11 is 1.03. The minimum Gasteiger partial charge on any atom is -0.493 e. The molecule has 0 aliphatic heterocycles. The van der Waals surface area contributed by atoms with Crippen LogP contribution in [-0.2, 0) is 4.74 Å². The Morgan fingerprint density at radius 2 is 1.81 bits per heavy atom. The zero-order valence-corrected chi connectivity index (χ0v) is 12.8. The highest BCUT2D eigenvalue weighted by Crippen LogP contribution is 2.30. The number of ether oxygens (including phenoxy) is 3. The number of methoxy groups -OCH3 is 3. The Morgan fingerprint density at radius 1 is 1.24 bits per heavy atom. The summed E-state index contributed by atoms with van der Waals surface area (Å²) in [4.78, 5) is 14.8. The van der Waals surface area contributed by atoms with Crippen molar-refractivity contribution in [3.8, 4) is 11.5 Å². The molecule has 114 valence electrons. The first-order valence-electron chi connectivity index (χ1n) is 5.69. The Morgan fingerprint density at radius 3 is 2.29 bits per heavy atom. The fraction of sp³-hybridized carbons (Fsp3) is 0.308. The topological polar surface area (TPSA) is 81.0 Å². The molecule has 1 N–H and O–H groups in total. The van der Waals surface area contributed by atoms with Crippen LogP contribution in [-0.4, -0.2) is 44.4 Å². The van der Waals surface area contributed by atoms with Gasteiger partial charge in [0.2, 0.25) is 0 Å². The predicted octanol–water partition coefficient (Wildman–Crippen LogP) is 2.74. The average Bonchev–Trinajstić information content (AvgIpc) is 2.51. The first-order valence-corrected chi connectivity index (χ1v) is 6.92. The van der Waals surface area contributed by atoms with Crippen LogP contribution >= 0.6 is 11.8 Å². The van der Waals surface area contributed by atoms with Crippen molar-refractivity contribution in [3.05, 3.63) is 23.5 Å². The first-order chi connectivity index (χ1) is 9.98. The summed E-state index contributed by atoms with van der Waals surface area (Å²) in [5.41, 5.74) is -0.295. The number of halogens is 1. The summed E-state index contributed by atoms with van der Waals surface area (Å²) in [6.07, 6.45) is 0.764. The van der Waals surface area contributed by atoms with E-state index in [0.717, 1.165) is 17.8 Å². The van der Waals surface area contributed by atoms with Gasteiger partial charge < -0.3 is 14.2 Å². The number of carbonyl (C=O) groups is 1. The van der Waals surface area contributed by atoms with Crippen molar-refractivity contribution in [2.75, 3.05) is 27.6 Å². The van der Waals surface area contributed by atoms with Crippen molar-refractivity contribution in [2.45, 2.75) is 0 Å². The third kappa shape index (κ3) is 3.94. The molecule has 0 aliphatic carbocycles. The number of carbonyl (C=O) groups excluding carboxylic acids is 1. The Bertz CT molecular complexity index is 590. The summed E-state index contributed by atoms with van der Waals surface area (Å²) < 4.78 is 28.5. The maximum Gasteiger partial charge on any atom is 0.434 e. The number of thioether (sulfide) groups is 1. The monoisotopic (exact) mass is 314 g/mol. The number of aliphatic imine (C=N–C) groups is 1. The molecule has 0 bridgehead atoms. The summed E-state index contributed by atoms with van der Waals surface area (Å²) in [5.74, 6) is -0.191. The minimum absolute atomic E-state index is 0.0352. The van der Waals surface area contributed by atoms with E-state index in [2.05, 4.69) is 9.73 Å². The summed E-state index contributed by atoms with van der Waals surface area (Å²) in [6, 6.07) is 2.43. The molecule has 1 rings (SSSR count). The van der Waals surface area contributed by atoms with E-state index in [4.69, 9.17) is 14.9 Å². The molecule has 0 spiro atoms. The highest BCUT2D eigenvalue weighted by atomic mass is 32.2. The molecule has 0 saturated heterocycles. The van der Waals surface area contributed by atoms with Gasteiger partial charge in [0, 0.05) is 11.6 Å². The highest BCUT2D eigenvalue weighted by Gasteiger charge is 2.19. The second-order valence-electron chi connectivity index (χ2n) is 3.65. The lowest BCUT2D eigenvalue weighted by atomic mass is 10.1. The Balaban J connectivity index is 3.29. The largest absolute Gasteiger partial charge is 0.493 e. The molecule has 6 nitrogen and oxygen atoms in total. The van der Waals surface area contributed by atoms with Crippen LogP contribution in [0.15, 0.2) is 17.1 Å². The van der Waals surface area contributed by atoms with Crippen molar-refractivity contribution < 1.29 is 23.4 Å². The number of amides is 1. The van der Waals surface area contributed by atoms with E-state index in [-0.39, 0.29) is 27.8 Å². The quantitative estimate of drug-likeness (QED) is 0.682. The Kier molecular flexibility index (Phi) is 6.16. The molecule has 0 saturated carbocycles. The van der Waals surface area contributed by atoms with Crippen LogP contribution in [0.3, 0.4) is 0 Å². The van der Waals surface area contributed by atoms with E-state index in [1.54, 1.807) is 6.26 Å². The predicted molar refractivity (Wildman–Crippen MR) is 79.7 cm³/mol. The van der Waals surface area contributed by atoms with E-state index >= 15 is 0 Å². The van der Waals surface area contributed by atoms with E-state index in [9.17, 15) is 9.18 Å². The summed E-state index contributed by atoms with van der Waals surface area (Å²) in [5, 5.41) is 8.03. The van der Waals surface area contributed by atoms with Gasteiger partial charge in [0.25, 0.3) is 0 Å². The number of hydrogen-bond acceptors (Lipinski definition) is 6. The molecule has 0 unspecified atom stereocenters. The maximum absolute atomic E-state index is 14.1. The highest BCUT2D eigenvalue weighted by molar-refractivity contribution is 8.15. The van der Waals surface area contributed by atoms with Crippen LogP contribution < -0.4 is 9.47 Å². The van der Waals surface area contributed by atoms with Gasteiger partial charge in [-0.05, 0) is 12.3 Å². The average molecular weight is 314 g/mol. The van der Waals surface area contributed by atoms with Crippen LogP contribution in [0.4, 0.5) is 9.18 Å². The van der Waals surface area contributed by atoms with Gasteiger partial charge in [0.05, 0.1) is 27.0 Å². The van der Waals surface area contributed by atoms with E-state index in [1.165, 1.54) is 27.4 Å². The lowest BCUT2D eigenvalue weighted by molar-refractivity contribution is 0.183. The van der Waals surface area contributed by atoms with Gasteiger partial charge in [-0.1, -0.05) is 0 Å². The smallest absolute Gasteiger partial charge is 0.434 e. The van der Waals surface area contributed by atoms with Crippen LogP contribution in [0.25, 0.3) is 0 Å². The zero-order chi connectivity index (χ0) is 16.0. The van der Waals surface area contributed by atoms with Crippen LogP contribution in [0.5, 0.6) is 11.5 Å². The van der Waals surface area contributed by atoms with Gasteiger partial charge in [-0.25, -0.2) is 9.18 Å². The third-order valence-electron chi connectivity index (χ3n) is 2.52. The van der Waals surface area contributed by atoms with Gasteiger partial charge in [0.15, 0.2) is 11.5 Å². The van der Waals surface area contributed by atoms with Crippen molar-refractivity contribution >= 4 is 28.6 Å². The number of hydrogen-bond donors (Lipinski definition) is 1. The van der Waals surface area contributed by atoms with Gasteiger partial charge >= 0.3 is 6.09 Å². The number of rotatable bonds is 4. The molecule has 0 heterocycles. The Labute approximate surface area is 125 Å². The standard InChI is InChI=1S/C13H15FN2O4S/c1-18-9-5-7(8(14)6-10(9)19-2)11(15)12(21-4)16-13(17)20-3/h5-6,15H,1-4H3. The van der Waals surface area contributed by atoms with Crippen molar-refractivity contribution in [1.82, 2.24) is 0 Å². The lowest BCUT2D eigenvalue weighted by Gasteiger charge is -2.12. The second-order valence-corrected chi connectivity index (χ2v) is 4.45. The van der Waals surface area contributed by atoms with Crippen molar-refractivity contribution in [2.24, 2.45) is 4.99 Å². The van der Waals surface area contributed by atoms with Gasteiger partial charge in [0.1, 0.15) is 10.9 Å². The molecule has 1 aromatic carbocycles.